The lowest BCUT2D eigenvalue weighted by molar-refractivity contribution is 0.129. The number of hydrogen-bond acceptors (Lipinski definition) is 4. The first-order chi connectivity index (χ1) is 12.2. The van der Waals surface area contributed by atoms with E-state index in [1.54, 1.807) is 12.1 Å². The Morgan fingerprint density at radius 3 is 2.76 bits per heavy atom. The molecule has 4 rings (SSSR count). The summed E-state index contributed by atoms with van der Waals surface area (Å²) in [6, 6.07) is 12.6. The Morgan fingerprint density at radius 2 is 1.92 bits per heavy atom. The molecule has 2 aliphatic rings. The molecular weight excluding hydrogens is 321 g/mol. The molecule has 25 heavy (non-hydrogen) atoms. The molecule has 0 N–H and O–H groups in total. The minimum Gasteiger partial charge on any atom is -0.493 e. The predicted octanol–water partition coefficient (Wildman–Crippen LogP) is 3.67. The van der Waals surface area contributed by atoms with Crippen LogP contribution in [0.5, 0.6) is 17.2 Å². The summed E-state index contributed by atoms with van der Waals surface area (Å²) in [6.07, 6.45) is 1.05. The molecule has 132 valence electrons. The minimum atomic E-state index is -0.190. The number of rotatable bonds is 4. The quantitative estimate of drug-likeness (QED) is 0.848. The highest BCUT2D eigenvalue weighted by Crippen LogP contribution is 2.37. The Balaban J connectivity index is 1.47. The van der Waals surface area contributed by atoms with E-state index >= 15 is 0 Å². The van der Waals surface area contributed by atoms with Gasteiger partial charge in [0.15, 0.2) is 11.5 Å². The number of piperidine rings is 1. The van der Waals surface area contributed by atoms with Crippen LogP contribution in [0.25, 0.3) is 0 Å². The summed E-state index contributed by atoms with van der Waals surface area (Å²) in [7, 11) is 2.13. The second-order valence-corrected chi connectivity index (χ2v) is 6.80. The third kappa shape index (κ3) is 3.56. The van der Waals surface area contributed by atoms with Crippen LogP contribution in [0, 0.1) is 11.7 Å². The van der Waals surface area contributed by atoms with Crippen LogP contribution in [0.2, 0.25) is 0 Å². The van der Waals surface area contributed by atoms with E-state index < -0.39 is 0 Å². The maximum atomic E-state index is 13.2. The summed E-state index contributed by atoms with van der Waals surface area (Å²) < 4.78 is 30.0. The highest BCUT2D eigenvalue weighted by molar-refractivity contribution is 5.46. The van der Waals surface area contributed by atoms with Crippen molar-refractivity contribution in [1.82, 2.24) is 4.90 Å². The number of benzene rings is 2. The van der Waals surface area contributed by atoms with Crippen molar-refractivity contribution >= 4 is 0 Å². The van der Waals surface area contributed by atoms with Crippen LogP contribution in [0.1, 0.15) is 17.9 Å². The van der Waals surface area contributed by atoms with Gasteiger partial charge in [-0.15, -0.1) is 0 Å². The third-order valence-corrected chi connectivity index (χ3v) is 5.04. The van der Waals surface area contributed by atoms with Crippen molar-refractivity contribution in [3.63, 3.8) is 0 Å². The molecule has 2 heterocycles. The molecule has 0 aliphatic carbocycles. The average Bonchev–Trinajstić information content (AvgIpc) is 3.09. The molecule has 0 amide bonds. The van der Waals surface area contributed by atoms with Crippen LogP contribution >= 0.6 is 0 Å². The Kier molecular flexibility index (Phi) is 4.49. The second kappa shape index (κ2) is 6.92. The number of hydrogen-bond donors (Lipinski definition) is 0. The fourth-order valence-electron chi connectivity index (χ4n) is 3.70. The molecule has 5 heteroatoms. The maximum Gasteiger partial charge on any atom is 0.231 e. The van der Waals surface area contributed by atoms with Gasteiger partial charge in [0.25, 0.3) is 0 Å². The minimum absolute atomic E-state index is 0.190. The van der Waals surface area contributed by atoms with Crippen molar-refractivity contribution in [3.8, 4) is 17.2 Å². The zero-order valence-corrected chi connectivity index (χ0v) is 14.3. The van der Waals surface area contributed by atoms with Gasteiger partial charge in [-0.25, -0.2) is 4.39 Å². The summed E-state index contributed by atoms with van der Waals surface area (Å²) >= 11 is 0. The lowest BCUT2D eigenvalue weighted by Gasteiger charge is -2.37. The van der Waals surface area contributed by atoms with Crippen LogP contribution in [0.15, 0.2) is 42.5 Å². The van der Waals surface area contributed by atoms with Crippen LogP contribution in [0.4, 0.5) is 4.39 Å². The molecule has 2 aromatic carbocycles. The SMILES string of the molecule is CN1CC[C@H](c2ccc(F)cc2)[C@H](COc2ccc3c(c2)OCO3)C1. The van der Waals surface area contributed by atoms with Gasteiger partial charge in [-0.1, -0.05) is 12.1 Å². The monoisotopic (exact) mass is 343 g/mol. The first-order valence-electron chi connectivity index (χ1n) is 8.65. The van der Waals surface area contributed by atoms with Gasteiger partial charge < -0.3 is 19.1 Å². The highest BCUT2D eigenvalue weighted by atomic mass is 19.1. The zero-order chi connectivity index (χ0) is 17.2. The van der Waals surface area contributed by atoms with Crippen molar-refractivity contribution in [2.75, 3.05) is 33.5 Å². The lowest BCUT2D eigenvalue weighted by atomic mass is 9.81. The van der Waals surface area contributed by atoms with E-state index in [2.05, 4.69) is 11.9 Å². The first kappa shape index (κ1) is 16.2. The predicted molar refractivity (Wildman–Crippen MR) is 92.8 cm³/mol. The van der Waals surface area contributed by atoms with Gasteiger partial charge >= 0.3 is 0 Å². The van der Waals surface area contributed by atoms with Gasteiger partial charge in [0.2, 0.25) is 6.79 Å². The molecule has 0 saturated carbocycles. The van der Waals surface area contributed by atoms with E-state index in [0.29, 0.717) is 18.4 Å². The van der Waals surface area contributed by atoms with Gasteiger partial charge in [-0.05, 0) is 55.8 Å². The smallest absolute Gasteiger partial charge is 0.231 e. The van der Waals surface area contributed by atoms with Crippen molar-refractivity contribution in [2.24, 2.45) is 5.92 Å². The fraction of sp³-hybridized carbons (Fsp3) is 0.400. The number of nitrogens with zero attached hydrogens (tertiary/aromatic N) is 1. The van der Waals surface area contributed by atoms with Crippen molar-refractivity contribution in [2.45, 2.75) is 12.3 Å². The first-order valence-corrected chi connectivity index (χ1v) is 8.65. The highest BCUT2D eigenvalue weighted by Gasteiger charge is 2.29. The zero-order valence-electron chi connectivity index (χ0n) is 14.3. The Hall–Kier alpha value is -2.27. The Bertz CT molecular complexity index is 734. The van der Waals surface area contributed by atoms with E-state index in [1.807, 2.05) is 30.3 Å². The molecule has 2 aliphatic heterocycles. The van der Waals surface area contributed by atoms with Gasteiger partial charge in [-0.3, -0.25) is 0 Å². The number of ether oxygens (including phenoxy) is 3. The van der Waals surface area contributed by atoms with E-state index in [4.69, 9.17) is 14.2 Å². The number of halogens is 1. The molecule has 2 atom stereocenters. The topological polar surface area (TPSA) is 30.9 Å². The van der Waals surface area contributed by atoms with Crippen molar-refractivity contribution < 1.29 is 18.6 Å². The van der Waals surface area contributed by atoms with Gasteiger partial charge in [-0.2, -0.15) is 0 Å². The van der Waals surface area contributed by atoms with E-state index in [9.17, 15) is 4.39 Å². The van der Waals surface area contributed by atoms with Crippen LogP contribution in [-0.4, -0.2) is 38.4 Å². The summed E-state index contributed by atoms with van der Waals surface area (Å²) in [5.74, 6) is 2.82. The van der Waals surface area contributed by atoms with Gasteiger partial charge in [0.05, 0.1) is 6.61 Å². The summed E-state index contributed by atoms with van der Waals surface area (Å²) in [4.78, 5) is 2.33. The van der Waals surface area contributed by atoms with E-state index in [1.165, 1.54) is 5.56 Å². The Morgan fingerprint density at radius 1 is 1.12 bits per heavy atom. The summed E-state index contributed by atoms with van der Waals surface area (Å²) in [5, 5.41) is 0. The molecule has 0 radical (unpaired) electrons. The molecular formula is C20H22FNO3. The molecule has 0 spiro atoms. The molecule has 1 fully saturated rings. The Labute approximate surface area is 147 Å². The van der Waals surface area contributed by atoms with Crippen LogP contribution in [-0.2, 0) is 0 Å². The number of likely N-dealkylation sites (tertiary alicyclic amines) is 1. The van der Waals surface area contributed by atoms with Crippen molar-refractivity contribution in [1.29, 1.82) is 0 Å². The second-order valence-electron chi connectivity index (χ2n) is 6.80. The lowest BCUT2D eigenvalue weighted by Crippen LogP contribution is -2.39. The third-order valence-electron chi connectivity index (χ3n) is 5.04. The summed E-state index contributed by atoms with van der Waals surface area (Å²) in [5.41, 5.74) is 1.19. The van der Waals surface area contributed by atoms with E-state index in [-0.39, 0.29) is 12.6 Å². The summed E-state index contributed by atoms with van der Waals surface area (Å²) in [6.45, 7) is 2.89. The molecule has 0 bridgehead atoms. The molecule has 0 unspecified atom stereocenters. The van der Waals surface area contributed by atoms with Crippen molar-refractivity contribution in [3.05, 3.63) is 53.8 Å². The van der Waals surface area contributed by atoms with Gasteiger partial charge in [0, 0.05) is 18.5 Å². The van der Waals surface area contributed by atoms with E-state index in [0.717, 1.165) is 36.8 Å². The molecule has 1 saturated heterocycles. The van der Waals surface area contributed by atoms with Gasteiger partial charge in [0.1, 0.15) is 11.6 Å². The largest absolute Gasteiger partial charge is 0.493 e. The maximum absolute atomic E-state index is 13.2. The van der Waals surface area contributed by atoms with Crippen LogP contribution in [0.3, 0.4) is 0 Å². The van der Waals surface area contributed by atoms with Crippen LogP contribution < -0.4 is 14.2 Å². The number of fused-ring (bicyclic) bond motifs is 1. The fourth-order valence-corrected chi connectivity index (χ4v) is 3.70. The molecule has 4 nitrogen and oxygen atoms in total. The standard InChI is InChI=1S/C20H22FNO3/c1-22-9-8-18(14-2-4-16(21)5-3-14)15(11-22)12-23-17-6-7-19-20(10-17)25-13-24-19/h2-7,10,15,18H,8-9,11-13H2,1H3/t15-,18+/m0/s1. The average molecular weight is 343 g/mol. The normalized spacial score (nSPS) is 22.8. The molecule has 0 aromatic heterocycles. The molecule has 2 aromatic rings.